The molecule has 5 aromatic carbocycles. The highest BCUT2D eigenvalue weighted by atomic mass is 16.5. The molecular formula is C43H40N2O2. The molecule has 1 aliphatic carbocycles. The molecule has 2 aliphatic heterocycles. The summed E-state index contributed by atoms with van der Waals surface area (Å²) in [6, 6.07) is 43.7. The quantitative estimate of drug-likeness (QED) is 0.182. The van der Waals surface area contributed by atoms with Crippen molar-refractivity contribution in [2.45, 2.75) is 44.7 Å². The van der Waals surface area contributed by atoms with E-state index in [1.165, 1.54) is 50.3 Å². The molecule has 3 aliphatic rings. The molecule has 0 amide bonds. The number of para-hydroxylation sites is 2. The van der Waals surface area contributed by atoms with Crippen LogP contribution in [0.15, 0.2) is 145 Å². The molecule has 1 unspecified atom stereocenters. The smallest absolute Gasteiger partial charge is 0.161 e. The molecule has 5 aromatic rings. The average Bonchev–Trinajstić information content (AvgIpc) is 3.13. The van der Waals surface area contributed by atoms with Gasteiger partial charge in [0.05, 0.1) is 0 Å². The van der Waals surface area contributed by atoms with Crippen molar-refractivity contribution in [3.8, 4) is 11.5 Å². The summed E-state index contributed by atoms with van der Waals surface area (Å²) in [6.07, 6.45) is 10.0. The van der Waals surface area contributed by atoms with Crippen molar-refractivity contribution >= 4 is 11.4 Å². The van der Waals surface area contributed by atoms with Gasteiger partial charge < -0.3 is 19.3 Å². The van der Waals surface area contributed by atoms with E-state index < -0.39 is 0 Å². The number of rotatable bonds is 7. The van der Waals surface area contributed by atoms with Gasteiger partial charge in [-0.15, -0.1) is 0 Å². The van der Waals surface area contributed by atoms with Gasteiger partial charge in [0, 0.05) is 41.0 Å². The van der Waals surface area contributed by atoms with Crippen LogP contribution >= 0.6 is 0 Å². The van der Waals surface area contributed by atoms with Gasteiger partial charge in [-0.2, -0.15) is 0 Å². The van der Waals surface area contributed by atoms with E-state index in [0.717, 1.165) is 43.9 Å². The second-order valence-electron chi connectivity index (χ2n) is 13.3. The second kappa shape index (κ2) is 12.5. The summed E-state index contributed by atoms with van der Waals surface area (Å²) >= 11 is 0. The number of ether oxygens (including phenoxy) is 2. The Morgan fingerprint density at radius 1 is 0.574 bits per heavy atom. The molecule has 47 heavy (non-hydrogen) atoms. The van der Waals surface area contributed by atoms with E-state index in [1.54, 1.807) is 0 Å². The maximum absolute atomic E-state index is 5.97. The first kappa shape index (κ1) is 29.2. The molecule has 234 valence electrons. The van der Waals surface area contributed by atoms with Crippen molar-refractivity contribution in [3.63, 3.8) is 0 Å². The lowest BCUT2D eigenvalue weighted by Crippen LogP contribution is -2.31. The minimum atomic E-state index is 0.00716. The predicted molar refractivity (Wildman–Crippen MR) is 191 cm³/mol. The Hall–Kier alpha value is -5.22. The van der Waals surface area contributed by atoms with Crippen LogP contribution in [0.3, 0.4) is 0 Å². The highest BCUT2D eigenvalue weighted by Gasteiger charge is 2.25. The Bertz CT molecular complexity index is 1920. The Kier molecular flexibility index (Phi) is 7.78. The molecule has 0 saturated carbocycles. The monoisotopic (exact) mass is 616 g/mol. The Balaban J connectivity index is 0.852. The molecule has 4 heteroatoms. The molecule has 4 nitrogen and oxygen atoms in total. The van der Waals surface area contributed by atoms with Crippen LogP contribution in [0.4, 0.5) is 11.4 Å². The van der Waals surface area contributed by atoms with E-state index in [9.17, 15) is 0 Å². The minimum absolute atomic E-state index is 0.00716. The Labute approximate surface area is 278 Å². The highest BCUT2D eigenvalue weighted by Crippen LogP contribution is 2.35. The average molecular weight is 617 g/mol. The van der Waals surface area contributed by atoms with Gasteiger partial charge in [0.15, 0.2) is 13.5 Å². The summed E-state index contributed by atoms with van der Waals surface area (Å²) in [4.78, 5) is 4.56. The van der Waals surface area contributed by atoms with Crippen LogP contribution in [0.5, 0.6) is 11.5 Å². The standard InChI is InChI=1S/C43H40N2O2/c1-43(24-22-35(23-25-43)27-34-14-20-40(21-15-34)45-29-37-7-3-5-9-42(37)47-31-45)38-16-10-32(11-17-38)26-33-12-18-39(19-13-33)44-28-36-6-2-4-8-41(36)46-30-44/h2-24H,25-31H2,1H3. The molecule has 0 radical (unpaired) electrons. The maximum atomic E-state index is 5.97. The van der Waals surface area contributed by atoms with Crippen molar-refractivity contribution < 1.29 is 9.47 Å². The number of benzene rings is 5. The highest BCUT2D eigenvalue weighted by molar-refractivity contribution is 5.53. The minimum Gasteiger partial charge on any atom is -0.473 e. The Morgan fingerprint density at radius 3 is 1.57 bits per heavy atom. The van der Waals surface area contributed by atoms with Crippen LogP contribution in [0.25, 0.3) is 0 Å². The molecule has 0 aromatic heterocycles. The van der Waals surface area contributed by atoms with Gasteiger partial charge in [0.1, 0.15) is 11.5 Å². The van der Waals surface area contributed by atoms with E-state index in [-0.39, 0.29) is 5.41 Å². The van der Waals surface area contributed by atoms with Crippen molar-refractivity contribution in [1.82, 2.24) is 0 Å². The van der Waals surface area contributed by atoms with Crippen molar-refractivity contribution in [1.29, 1.82) is 0 Å². The number of hydrogen-bond acceptors (Lipinski definition) is 4. The van der Waals surface area contributed by atoms with Gasteiger partial charge in [-0.3, -0.25) is 0 Å². The number of allylic oxidation sites excluding steroid dienone is 4. The van der Waals surface area contributed by atoms with Crippen LogP contribution in [0.1, 0.15) is 46.7 Å². The second-order valence-corrected chi connectivity index (χ2v) is 13.3. The van der Waals surface area contributed by atoms with Gasteiger partial charge in [-0.25, -0.2) is 0 Å². The molecule has 1 atom stereocenters. The van der Waals surface area contributed by atoms with E-state index in [0.29, 0.717) is 13.5 Å². The molecule has 0 N–H and O–H groups in total. The number of anilines is 2. The number of fused-ring (bicyclic) bond motifs is 2. The maximum Gasteiger partial charge on any atom is 0.161 e. The predicted octanol–water partition coefficient (Wildman–Crippen LogP) is 9.38. The molecule has 8 rings (SSSR count). The summed E-state index contributed by atoms with van der Waals surface area (Å²) in [6.45, 7) is 5.27. The van der Waals surface area contributed by atoms with Crippen LogP contribution < -0.4 is 19.3 Å². The van der Waals surface area contributed by atoms with Crippen molar-refractivity contribution in [3.05, 3.63) is 179 Å². The lowest BCUT2D eigenvalue weighted by atomic mass is 9.75. The fourth-order valence-corrected chi connectivity index (χ4v) is 6.92. The zero-order valence-electron chi connectivity index (χ0n) is 26.9. The van der Waals surface area contributed by atoms with E-state index in [4.69, 9.17) is 9.47 Å². The fraction of sp³-hybridized carbons (Fsp3) is 0.209. The van der Waals surface area contributed by atoms with Gasteiger partial charge in [-0.05, 0) is 83.5 Å². The van der Waals surface area contributed by atoms with Crippen LogP contribution in [-0.4, -0.2) is 13.5 Å². The van der Waals surface area contributed by atoms with E-state index in [1.807, 2.05) is 24.3 Å². The zero-order valence-corrected chi connectivity index (χ0v) is 26.9. The summed E-state index contributed by atoms with van der Waals surface area (Å²) in [5.74, 6) is 1.99. The molecular weight excluding hydrogens is 576 g/mol. The molecule has 0 bridgehead atoms. The summed E-state index contributed by atoms with van der Waals surface area (Å²) < 4.78 is 11.9. The normalized spacial score (nSPS) is 18.4. The number of hydrogen-bond donors (Lipinski definition) is 0. The van der Waals surface area contributed by atoms with Gasteiger partial charge in [-0.1, -0.05) is 110 Å². The summed E-state index contributed by atoms with van der Waals surface area (Å²) in [5.41, 5.74) is 11.6. The lowest BCUT2D eigenvalue weighted by molar-refractivity contribution is 0.289. The third kappa shape index (κ3) is 6.29. The van der Waals surface area contributed by atoms with E-state index in [2.05, 4.69) is 132 Å². The first-order valence-electron chi connectivity index (χ1n) is 16.6. The van der Waals surface area contributed by atoms with Gasteiger partial charge in [0.25, 0.3) is 0 Å². The number of nitrogens with zero attached hydrogens (tertiary/aromatic N) is 2. The molecule has 0 saturated heterocycles. The van der Waals surface area contributed by atoms with Gasteiger partial charge in [0.2, 0.25) is 0 Å². The van der Waals surface area contributed by atoms with Crippen LogP contribution in [0, 0.1) is 0 Å². The Morgan fingerprint density at radius 2 is 1.06 bits per heavy atom. The van der Waals surface area contributed by atoms with Crippen molar-refractivity contribution in [2.75, 3.05) is 23.3 Å². The topological polar surface area (TPSA) is 24.9 Å². The fourth-order valence-electron chi connectivity index (χ4n) is 6.92. The van der Waals surface area contributed by atoms with Crippen molar-refractivity contribution in [2.24, 2.45) is 0 Å². The zero-order chi connectivity index (χ0) is 31.6. The lowest BCUT2D eigenvalue weighted by Gasteiger charge is -2.31. The SMILES string of the molecule is CC1(c2ccc(Cc3ccc(N4COc5ccccc5C4)cc3)cc2)C=CC(Cc2ccc(N3COc4ccccc4C3)cc2)=CC1. The molecule has 0 spiro atoms. The molecule has 2 heterocycles. The third-order valence-electron chi connectivity index (χ3n) is 9.91. The molecule has 0 fully saturated rings. The van der Waals surface area contributed by atoms with Crippen LogP contribution in [-0.2, 0) is 31.3 Å². The summed E-state index contributed by atoms with van der Waals surface area (Å²) in [7, 11) is 0. The largest absolute Gasteiger partial charge is 0.473 e. The van der Waals surface area contributed by atoms with Crippen LogP contribution in [0.2, 0.25) is 0 Å². The first-order valence-corrected chi connectivity index (χ1v) is 16.6. The summed E-state index contributed by atoms with van der Waals surface area (Å²) in [5, 5.41) is 0. The first-order chi connectivity index (χ1) is 23.1. The van der Waals surface area contributed by atoms with E-state index >= 15 is 0 Å². The third-order valence-corrected chi connectivity index (χ3v) is 9.91. The van der Waals surface area contributed by atoms with Gasteiger partial charge >= 0.3 is 0 Å².